The van der Waals surface area contributed by atoms with E-state index < -0.39 is 0 Å². The molecule has 1 rings (SSSR count). The fourth-order valence-corrected chi connectivity index (χ4v) is 2.00. The van der Waals surface area contributed by atoms with Gasteiger partial charge in [0.25, 0.3) is 0 Å². The number of aryl methyl sites for hydroxylation is 1. The average molecular weight is 379 g/mol. The SMILES string of the molecule is Cc1cc(Br)ccc1NC(=O)CNC(=O)C(C)C(C)N.Cl. The number of nitrogens with one attached hydrogen (secondary N) is 2. The van der Waals surface area contributed by atoms with Crippen molar-refractivity contribution in [2.45, 2.75) is 26.8 Å². The Kier molecular flexibility index (Phi) is 8.54. The molecule has 0 aliphatic heterocycles. The van der Waals surface area contributed by atoms with E-state index in [0.29, 0.717) is 0 Å². The van der Waals surface area contributed by atoms with Gasteiger partial charge in [0.2, 0.25) is 11.8 Å². The van der Waals surface area contributed by atoms with Gasteiger partial charge in [0.1, 0.15) is 0 Å². The van der Waals surface area contributed by atoms with Crippen LogP contribution >= 0.6 is 28.3 Å². The molecular formula is C14H21BrClN3O2. The number of rotatable bonds is 5. The van der Waals surface area contributed by atoms with Gasteiger partial charge >= 0.3 is 0 Å². The first-order valence-electron chi connectivity index (χ1n) is 6.40. The molecule has 0 saturated carbocycles. The zero-order valence-corrected chi connectivity index (χ0v) is 14.7. The molecule has 7 heteroatoms. The maximum atomic E-state index is 11.8. The fraction of sp³-hybridized carbons (Fsp3) is 0.429. The summed E-state index contributed by atoms with van der Waals surface area (Å²) in [5.41, 5.74) is 7.31. The molecule has 5 nitrogen and oxygen atoms in total. The Morgan fingerprint density at radius 1 is 1.33 bits per heavy atom. The van der Waals surface area contributed by atoms with Gasteiger partial charge < -0.3 is 16.4 Å². The molecule has 118 valence electrons. The summed E-state index contributed by atoms with van der Waals surface area (Å²) in [6.45, 7) is 5.33. The van der Waals surface area contributed by atoms with Crippen LogP contribution in [-0.4, -0.2) is 24.4 Å². The van der Waals surface area contributed by atoms with Gasteiger partial charge in [-0.3, -0.25) is 9.59 Å². The highest BCUT2D eigenvalue weighted by Gasteiger charge is 2.17. The van der Waals surface area contributed by atoms with Crippen LogP contribution in [0.5, 0.6) is 0 Å². The van der Waals surface area contributed by atoms with Gasteiger partial charge in [-0.15, -0.1) is 12.4 Å². The molecule has 2 unspecified atom stereocenters. The lowest BCUT2D eigenvalue weighted by Crippen LogP contribution is -2.41. The minimum Gasteiger partial charge on any atom is -0.347 e. The average Bonchev–Trinajstić information content (AvgIpc) is 2.38. The minimum absolute atomic E-state index is 0. The maximum absolute atomic E-state index is 11.8. The Labute approximate surface area is 139 Å². The van der Waals surface area contributed by atoms with Crippen molar-refractivity contribution in [2.24, 2.45) is 11.7 Å². The van der Waals surface area contributed by atoms with Crippen molar-refractivity contribution in [3.05, 3.63) is 28.2 Å². The van der Waals surface area contributed by atoms with Crippen LogP contribution in [-0.2, 0) is 9.59 Å². The quantitative estimate of drug-likeness (QED) is 0.734. The molecule has 1 aromatic carbocycles. The number of benzene rings is 1. The summed E-state index contributed by atoms with van der Waals surface area (Å²) in [6.07, 6.45) is 0. The minimum atomic E-state index is -0.322. The van der Waals surface area contributed by atoms with Gasteiger partial charge in [0, 0.05) is 22.1 Å². The van der Waals surface area contributed by atoms with Gasteiger partial charge in [-0.25, -0.2) is 0 Å². The zero-order chi connectivity index (χ0) is 15.3. The number of carbonyl (C=O) groups excluding carboxylic acids is 2. The number of carbonyl (C=O) groups is 2. The maximum Gasteiger partial charge on any atom is 0.243 e. The molecule has 0 bridgehead atoms. The lowest BCUT2D eigenvalue weighted by Gasteiger charge is -2.15. The monoisotopic (exact) mass is 377 g/mol. The second kappa shape index (κ2) is 9.02. The van der Waals surface area contributed by atoms with E-state index in [1.54, 1.807) is 13.8 Å². The molecule has 2 atom stereocenters. The van der Waals surface area contributed by atoms with E-state index in [1.807, 2.05) is 25.1 Å². The third-order valence-electron chi connectivity index (χ3n) is 3.09. The summed E-state index contributed by atoms with van der Waals surface area (Å²) in [7, 11) is 0. The molecule has 1 aromatic rings. The number of hydrogen-bond donors (Lipinski definition) is 3. The van der Waals surface area contributed by atoms with Crippen molar-refractivity contribution in [3.8, 4) is 0 Å². The van der Waals surface area contributed by atoms with Crippen LogP contribution in [0.2, 0.25) is 0 Å². The summed E-state index contributed by atoms with van der Waals surface area (Å²) >= 11 is 3.36. The van der Waals surface area contributed by atoms with E-state index in [4.69, 9.17) is 5.73 Å². The third-order valence-corrected chi connectivity index (χ3v) is 3.58. The Hall–Kier alpha value is -1.11. The summed E-state index contributed by atoms with van der Waals surface area (Å²) in [5, 5.41) is 5.33. The zero-order valence-electron chi connectivity index (χ0n) is 12.3. The molecule has 0 aliphatic carbocycles. The van der Waals surface area contributed by atoms with Gasteiger partial charge in [-0.1, -0.05) is 22.9 Å². The summed E-state index contributed by atoms with van der Waals surface area (Å²) in [5.74, 6) is -0.805. The summed E-state index contributed by atoms with van der Waals surface area (Å²) in [4.78, 5) is 23.5. The predicted molar refractivity (Wildman–Crippen MR) is 90.6 cm³/mol. The smallest absolute Gasteiger partial charge is 0.243 e. The van der Waals surface area contributed by atoms with Crippen LogP contribution in [0.4, 0.5) is 5.69 Å². The lowest BCUT2D eigenvalue weighted by molar-refractivity contribution is -0.127. The molecule has 0 aromatic heterocycles. The largest absolute Gasteiger partial charge is 0.347 e. The van der Waals surface area contributed by atoms with Crippen molar-refractivity contribution in [1.29, 1.82) is 0 Å². The van der Waals surface area contributed by atoms with E-state index in [0.717, 1.165) is 15.7 Å². The van der Waals surface area contributed by atoms with Crippen LogP contribution in [0.25, 0.3) is 0 Å². The highest BCUT2D eigenvalue weighted by molar-refractivity contribution is 9.10. The molecule has 0 saturated heterocycles. The molecule has 4 N–H and O–H groups in total. The number of halogens is 2. The third kappa shape index (κ3) is 6.46. The van der Waals surface area contributed by atoms with E-state index in [-0.39, 0.29) is 42.7 Å². The summed E-state index contributed by atoms with van der Waals surface area (Å²) < 4.78 is 0.951. The molecule has 0 heterocycles. The van der Waals surface area contributed by atoms with Crippen molar-refractivity contribution < 1.29 is 9.59 Å². The number of amides is 2. The molecule has 0 spiro atoms. The molecule has 2 amide bonds. The lowest BCUT2D eigenvalue weighted by atomic mass is 10.0. The molecular weight excluding hydrogens is 358 g/mol. The van der Waals surface area contributed by atoms with Crippen molar-refractivity contribution in [3.63, 3.8) is 0 Å². The Morgan fingerprint density at radius 3 is 2.48 bits per heavy atom. The van der Waals surface area contributed by atoms with Gasteiger partial charge in [0.05, 0.1) is 6.54 Å². The second-order valence-electron chi connectivity index (χ2n) is 4.87. The molecule has 21 heavy (non-hydrogen) atoms. The topological polar surface area (TPSA) is 84.2 Å². The van der Waals surface area contributed by atoms with Crippen LogP contribution < -0.4 is 16.4 Å². The number of hydrogen-bond acceptors (Lipinski definition) is 3. The van der Waals surface area contributed by atoms with E-state index >= 15 is 0 Å². The molecule has 0 aliphatic rings. The normalized spacial score (nSPS) is 12.8. The summed E-state index contributed by atoms with van der Waals surface area (Å²) in [6, 6.07) is 5.32. The van der Waals surface area contributed by atoms with Crippen LogP contribution in [0.3, 0.4) is 0 Å². The molecule has 0 fully saturated rings. The van der Waals surface area contributed by atoms with E-state index in [2.05, 4.69) is 26.6 Å². The van der Waals surface area contributed by atoms with Crippen LogP contribution in [0.15, 0.2) is 22.7 Å². The van der Waals surface area contributed by atoms with Crippen molar-refractivity contribution in [1.82, 2.24) is 5.32 Å². The second-order valence-corrected chi connectivity index (χ2v) is 5.79. The Bertz CT molecular complexity index is 509. The first-order chi connectivity index (χ1) is 9.31. The highest BCUT2D eigenvalue weighted by atomic mass is 79.9. The molecule has 0 radical (unpaired) electrons. The van der Waals surface area contributed by atoms with Crippen LogP contribution in [0.1, 0.15) is 19.4 Å². The van der Waals surface area contributed by atoms with Gasteiger partial charge in [0.15, 0.2) is 0 Å². The standard InChI is InChI=1S/C14H20BrN3O2.ClH/c1-8-6-11(15)4-5-12(8)18-13(19)7-17-14(20)9(2)10(3)16;/h4-6,9-10H,7,16H2,1-3H3,(H,17,20)(H,18,19);1H. The predicted octanol–water partition coefficient (Wildman–Crippen LogP) is 2.22. The number of nitrogens with two attached hydrogens (primary N) is 1. The van der Waals surface area contributed by atoms with Crippen molar-refractivity contribution in [2.75, 3.05) is 11.9 Å². The Balaban J connectivity index is 0.00000400. The van der Waals surface area contributed by atoms with Gasteiger partial charge in [-0.05, 0) is 37.6 Å². The van der Waals surface area contributed by atoms with E-state index in [1.165, 1.54) is 0 Å². The first kappa shape index (κ1) is 19.9. The Morgan fingerprint density at radius 2 is 1.95 bits per heavy atom. The fourth-order valence-electron chi connectivity index (χ4n) is 1.53. The van der Waals surface area contributed by atoms with E-state index in [9.17, 15) is 9.59 Å². The first-order valence-corrected chi connectivity index (χ1v) is 7.20. The number of anilines is 1. The van der Waals surface area contributed by atoms with Crippen molar-refractivity contribution >= 4 is 45.8 Å². The van der Waals surface area contributed by atoms with Crippen LogP contribution in [0, 0.1) is 12.8 Å². The van der Waals surface area contributed by atoms with Gasteiger partial charge in [-0.2, -0.15) is 0 Å². The highest BCUT2D eigenvalue weighted by Crippen LogP contribution is 2.19.